The number of piperidine rings is 1. The Morgan fingerprint density at radius 2 is 2.13 bits per heavy atom. The van der Waals surface area contributed by atoms with Crippen LogP contribution in [0.5, 0.6) is 0 Å². The third kappa shape index (κ3) is 2.62. The highest BCUT2D eigenvalue weighted by molar-refractivity contribution is 5.68. The molecule has 0 aromatic rings. The summed E-state index contributed by atoms with van der Waals surface area (Å²) < 4.78 is 5.24. The van der Waals surface area contributed by atoms with E-state index in [0.717, 1.165) is 13.1 Å². The van der Waals surface area contributed by atoms with Crippen LogP contribution in [-0.2, 0) is 4.74 Å². The van der Waals surface area contributed by atoms with Gasteiger partial charge in [-0.1, -0.05) is 0 Å². The van der Waals surface area contributed by atoms with Crippen LogP contribution < -0.4 is 5.32 Å². The minimum Gasteiger partial charge on any atom is -0.444 e. The lowest BCUT2D eigenvalue weighted by molar-refractivity contribution is 0.0489. The number of hydrogen-bond acceptors (Lipinski definition) is 3. The van der Waals surface area contributed by atoms with E-state index in [9.17, 15) is 4.79 Å². The first-order chi connectivity index (χ1) is 6.94. The van der Waals surface area contributed by atoms with E-state index in [0.29, 0.717) is 12.0 Å². The molecule has 4 nitrogen and oxygen atoms in total. The molecule has 3 atom stereocenters. The zero-order valence-electron chi connectivity index (χ0n) is 9.75. The van der Waals surface area contributed by atoms with Crippen molar-refractivity contribution < 1.29 is 9.53 Å². The zero-order valence-corrected chi connectivity index (χ0v) is 9.75. The summed E-state index contributed by atoms with van der Waals surface area (Å²) in [6.45, 7) is 8.98. The minimum atomic E-state index is -0.401. The molecule has 86 valence electrons. The fraction of sp³-hybridized carbons (Fsp3) is 0.909. The molecular weight excluding hydrogens is 192 g/mol. The van der Waals surface area contributed by atoms with Gasteiger partial charge in [0.25, 0.3) is 0 Å². The van der Waals surface area contributed by atoms with E-state index in [-0.39, 0.29) is 6.09 Å². The average molecular weight is 212 g/mol. The quantitative estimate of drug-likeness (QED) is 0.710. The van der Waals surface area contributed by atoms with Crippen molar-refractivity contribution in [3.05, 3.63) is 0 Å². The second-order valence-electron chi connectivity index (χ2n) is 5.56. The Morgan fingerprint density at radius 3 is 2.60 bits per heavy atom. The molecule has 0 radical (unpaired) electrons. The lowest BCUT2D eigenvalue weighted by atomic mass is 10.0. The van der Waals surface area contributed by atoms with Gasteiger partial charge in [-0.25, -0.2) is 4.79 Å². The van der Waals surface area contributed by atoms with Gasteiger partial charge in [-0.15, -0.1) is 0 Å². The lowest BCUT2D eigenvalue weighted by Gasteiger charge is -2.25. The lowest BCUT2D eigenvalue weighted by Crippen LogP contribution is -2.45. The highest BCUT2D eigenvalue weighted by Crippen LogP contribution is 2.27. The van der Waals surface area contributed by atoms with E-state index in [1.165, 1.54) is 13.0 Å². The van der Waals surface area contributed by atoms with Crippen molar-refractivity contribution in [1.82, 2.24) is 10.2 Å². The Balaban J connectivity index is 1.80. The van der Waals surface area contributed by atoms with Crippen LogP contribution in [0, 0.1) is 5.92 Å². The second kappa shape index (κ2) is 3.67. The summed E-state index contributed by atoms with van der Waals surface area (Å²) in [6, 6.07) is 0.300. The molecule has 2 bridgehead atoms. The third-order valence-electron chi connectivity index (χ3n) is 3.03. The molecule has 2 fully saturated rings. The van der Waals surface area contributed by atoms with E-state index in [1.54, 1.807) is 0 Å². The summed E-state index contributed by atoms with van der Waals surface area (Å²) in [6.07, 6.45) is 0.932. The average Bonchev–Trinajstić information content (AvgIpc) is 2.60. The van der Waals surface area contributed by atoms with Crippen molar-refractivity contribution in [1.29, 1.82) is 0 Å². The maximum Gasteiger partial charge on any atom is 0.407 e. The van der Waals surface area contributed by atoms with Crippen LogP contribution in [0.3, 0.4) is 0 Å². The molecule has 0 spiro atoms. The molecule has 1 amide bonds. The molecule has 1 N–H and O–H groups in total. The molecule has 2 saturated heterocycles. The van der Waals surface area contributed by atoms with Crippen LogP contribution in [0.4, 0.5) is 4.79 Å². The molecule has 0 aliphatic carbocycles. The monoisotopic (exact) mass is 212 g/mol. The van der Waals surface area contributed by atoms with Gasteiger partial charge in [0.05, 0.1) is 0 Å². The predicted octanol–water partition coefficient (Wildman–Crippen LogP) is 1.22. The number of amides is 1. The first kappa shape index (κ1) is 10.7. The summed E-state index contributed by atoms with van der Waals surface area (Å²) in [5, 5.41) is 2.96. The van der Waals surface area contributed by atoms with Crippen LogP contribution in [0.1, 0.15) is 27.2 Å². The maximum atomic E-state index is 11.5. The van der Waals surface area contributed by atoms with Crippen LogP contribution in [0.15, 0.2) is 0 Å². The number of ether oxygens (including phenoxy) is 1. The third-order valence-corrected chi connectivity index (χ3v) is 3.03. The van der Waals surface area contributed by atoms with Crippen molar-refractivity contribution in [2.75, 3.05) is 19.6 Å². The number of nitrogens with one attached hydrogen (secondary N) is 1. The van der Waals surface area contributed by atoms with Gasteiger partial charge in [-0.3, -0.25) is 0 Å². The second-order valence-corrected chi connectivity index (χ2v) is 5.56. The van der Waals surface area contributed by atoms with Gasteiger partial charge in [0.15, 0.2) is 0 Å². The summed E-state index contributed by atoms with van der Waals surface area (Å²) in [4.78, 5) is 13.9. The molecule has 2 aliphatic rings. The van der Waals surface area contributed by atoms with Crippen LogP contribution in [0.2, 0.25) is 0 Å². The highest BCUT2D eigenvalue weighted by atomic mass is 16.6. The van der Waals surface area contributed by atoms with Gasteiger partial charge in [0.2, 0.25) is 0 Å². The van der Waals surface area contributed by atoms with Gasteiger partial charge in [-0.2, -0.15) is 0 Å². The smallest absolute Gasteiger partial charge is 0.407 e. The first-order valence-corrected chi connectivity index (χ1v) is 5.66. The molecule has 2 heterocycles. The number of rotatable bonds is 1. The number of alkyl carbamates (subject to hydrolysis) is 1. The maximum absolute atomic E-state index is 11.5. The minimum absolute atomic E-state index is 0.277. The number of hydrogen-bond donors (Lipinski definition) is 1. The van der Waals surface area contributed by atoms with E-state index >= 15 is 0 Å². The van der Waals surface area contributed by atoms with Gasteiger partial charge in [0, 0.05) is 19.1 Å². The van der Waals surface area contributed by atoms with Crippen LogP contribution in [-0.4, -0.2) is 42.3 Å². The summed E-state index contributed by atoms with van der Waals surface area (Å²) in [5.41, 5.74) is -0.401. The van der Waals surface area contributed by atoms with Crippen molar-refractivity contribution >= 4 is 6.09 Å². The fourth-order valence-electron chi connectivity index (χ4n) is 2.41. The number of carbonyl (C=O) groups is 1. The van der Waals surface area contributed by atoms with E-state index < -0.39 is 5.60 Å². The fourth-order valence-corrected chi connectivity index (χ4v) is 2.41. The molecule has 4 heteroatoms. The number of carbonyl (C=O) groups excluding carboxylic acids is 1. The topological polar surface area (TPSA) is 41.6 Å². The Hall–Kier alpha value is -0.770. The van der Waals surface area contributed by atoms with E-state index in [2.05, 4.69) is 10.2 Å². The van der Waals surface area contributed by atoms with Crippen molar-refractivity contribution in [2.45, 2.75) is 38.8 Å². The first-order valence-electron chi connectivity index (χ1n) is 5.66. The molecule has 0 aromatic carbocycles. The molecular formula is C11H20N2O2. The Labute approximate surface area is 91.0 Å². The van der Waals surface area contributed by atoms with Gasteiger partial charge >= 0.3 is 6.09 Å². The van der Waals surface area contributed by atoms with E-state index in [4.69, 9.17) is 4.74 Å². The van der Waals surface area contributed by atoms with Crippen LogP contribution in [0.25, 0.3) is 0 Å². The SMILES string of the molecule is CC(C)(C)OC(=O)NC1CN2CC[C@@H]1C2. The molecule has 2 rings (SSSR count). The van der Waals surface area contributed by atoms with Crippen molar-refractivity contribution in [3.8, 4) is 0 Å². The van der Waals surface area contributed by atoms with Crippen molar-refractivity contribution in [3.63, 3.8) is 0 Å². The molecule has 0 saturated carbocycles. The largest absolute Gasteiger partial charge is 0.444 e. The Bertz CT molecular complexity index is 260. The molecule has 0 aromatic heterocycles. The number of nitrogens with zero attached hydrogens (tertiary/aromatic N) is 1. The van der Waals surface area contributed by atoms with Gasteiger partial charge < -0.3 is 15.0 Å². The Kier molecular flexibility index (Phi) is 2.63. The number of fused-ring (bicyclic) bond motifs is 2. The van der Waals surface area contributed by atoms with E-state index in [1.807, 2.05) is 20.8 Å². The summed E-state index contributed by atoms with van der Waals surface area (Å²) >= 11 is 0. The highest BCUT2D eigenvalue weighted by Gasteiger charge is 2.39. The van der Waals surface area contributed by atoms with Gasteiger partial charge in [0.1, 0.15) is 5.60 Å². The summed E-state index contributed by atoms with van der Waals surface area (Å²) in [7, 11) is 0. The van der Waals surface area contributed by atoms with Crippen molar-refractivity contribution in [2.24, 2.45) is 5.92 Å². The molecule has 15 heavy (non-hydrogen) atoms. The summed E-state index contributed by atoms with van der Waals surface area (Å²) in [5.74, 6) is 0.637. The van der Waals surface area contributed by atoms with Crippen LogP contribution >= 0.6 is 0 Å². The predicted molar refractivity (Wildman–Crippen MR) is 57.7 cm³/mol. The molecule has 2 unspecified atom stereocenters. The normalized spacial score (nSPS) is 34.2. The Morgan fingerprint density at radius 1 is 1.40 bits per heavy atom. The standard InChI is InChI=1S/C11H20N2O2/c1-11(2,3)15-10(14)12-9-7-13-5-4-8(9)6-13/h8-9H,4-7H2,1-3H3,(H,12,14)/t8-,9?/m1/s1. The molecule has 2 aliphatic heterocycles. The zero-order chi connectivity index (χ0) is 11.1. The van der Waals surface area contributed by atoms with Gasteiger partial charge in [-0.05, 0) is 39.7 Å².